The molecule has 96 valence electrons. The van der Waals surface area contributed by atoms with Crippen LogP contribution in [-0.2, 0) is 11.3 Å². The van der Waals surface area contributed by atoms with Crippen LogP contribution in [0, 0.1) is 11.3 Å². The minimum Gasteiger partial charge on any atom is -0.382 e. The molecule has 0 saturated carbocycles. The maximum absolute atomic E-state index is 11.7. The maximum Gasteiger partial charge on any atom is 0.241 e. The Balaban J connectivity index is 2.41. The zero-order chi connectivity index (χ0) is 13.1. The molecule has 0 fully saturated rings. The van der Waals surface area contributed by atoms with E-state index in [-0.39, 0.29) is 17.9 Å². The summed E-state index contributed by atoms with van der Waals surface area (Å²) >= 11 is 0. The number of nitrogens with two attached hydrogens (primary N) is 1. The quantitative estimate of drug-likeness (QED) is 0.811. The highest BCUT2D eigenvalue weighted by molar-refractivity contribution is 5.75. The smallest absolute Gasteiger partial charge is 0.241 e. The van der Waals surface area contributed by atoms with Crippen molar-refractivity contribution in [1.29, 1.82) is 0 Å². The third-order valence-electron chi connectivity index (χ3n) is 3.27. The molecular weight excluding hydrogens is 216 g/mol. The van der Waals surface area contributed by atoms with Crippen molar-refractivity contribution in [2.24, 2.45) is 11.3 Å². The summed E-state index contributed by atoms with van der Waals surface area (Å²) in [6, 6.07) is 1.67. The highest BCUT2D eigenvalue weighted by atomic mass is 16.2. The topological polar surface area (TPSA) is 72.9 Å². The van der Waals surface area contributed by atoms with Gasteiger partial charge in [-0.3, -0.25) is 9.48 Å². The summed E-state index contributed by atoms with van der Waals surface area (Å²) in [5, 5.41) is 6.89. The number of aromatic nitrogens is 2. The van der Waals surface area contributed by atoms with Crippen molar-refractivity contribution in [2.75, 3.05) is 12.3 Å². The lowest BCUT2D eigenvalue weighted by Crippen LogP contribution is -2.38. The fourth-order valence-electron chi connectivity index (χ4n) is 1.20. The first-order valence-corrected chi connectivity index (χ1v) is 5.87. The van der Waals surface area contributed by atoms with Gasteiger partial charge in [-0.25, -0.2) is 0 Å². The summed E-state index contributed by atoms with van der Waals surface area (Å²) < 4.78 is 1.53. The molecule has 5 heteroatoms. The van der Waals surface area contributed by atoms with Gasteiger partial charge in [-0.05, 0) is 17.4 Å². The molecule has 1 aromatic rings. The molecule has 0 aliphatic heterocycles. The summed E-state index contributed by atoms with van der Waals surface area (Å²) in [4.78, 5) is 11.7. The molecule has 0 aliphatic carbocycles. The van der Waals surface area contributed by atoms with Gasteiger partial charge in [-0.15, -0.1) is 0 Å². The molecule has 0 aliphatic rings. The van der Waals surface area contributed by atoms with Gasteiger partial charge in [-0.1, -0.05) is 27.7 Å². The Hall–Kier alpha value is -1.52. The van der Waals surface area contributed by atoms with Crippen LogP contribution in [0.25, 0.3) is 0 Å². The molecule has 0 bridgehead atoms. The molecule has 5 nitrogen and oxygen atoms in total. The van der Waals surface area contributed by atoms with E-state index < -0.39 is 0 Å². The predicted octanol–water partition coefficient (Wildman–Crippen LogP) is 1.26. The lowest BCUT2D eigenvalue weighted by Gasteiger charge is -2.29. The highest BCUT2D eigenvalue weighted by Gasteiger charge is 2.22. The minimum absolute atomic E-state index is 0.0400. The molecule has 0 atom stereocenters. The lowest BCUT2D eigenvalue weighted by atomic mass is 9.81. The van der Waals surface area contributed by atoms with Gasteiger partial charge in [0.25, 0.3) is 0 Å². The van der Waals surface area contributed by atoms with Crippen LogP contribution in [0.3, 0.4) is 0 Å². The number of hydrogen-bond acceptors (Lipinski definition) is 3. The molecule has 3 N–H and O–H groups in total. The van der Waals surface area contributed by atoms with E-state index in [0.717, 1.165) is 0 Å². The number of nitrogens with zero attached hydrogens (tertiary/aromatic N) is 2. The van der Waals surface area contributed by atoms with Gasteiger partial charge in [-0.2, -0.15) is 5.10 Å². The van der Waals surface area contributed by atoms with Crippen LogP contribution >= 0.6 is 0 Å². The van der Waals surface area contributed by atoms with E-state index in [9.17, 15) is 4.79 Å². The number of carbonyl (C=O) groups is 1. The molecule has 1 heterocycles. The molecule has 17 heavy (non-hydrogen) atoms. The van der Waals surface area contributed by atoms with Crippen molar-refractivity contribution < 1.29 is 4.79 Å². The Labute approximate surface area is 102 Å². The Morgan fingerprint density at radius 2 is 2.24 bits per heavy atom. The van der Waals surface area contributed by atoms with Crippen molar-refractivity contribution in [3.63, 3.8) is 0 Å². The zero-order valence-electron chi connectivity index (χ0n) is 11.0. The largest absolute Gasteiger partial charge is 0.382 e. The molecule has 0 radical (unpaired) electrons. The zero-order valence-corrected chi connectivity index (χ0v) is 11.0. The van der Waals surface area contributed by atoms with Gasteiger partial charge in [0.1, 0.15) is 12.4 Å². The molecule has 0 spiro atoms. The van der Waals surface area contributed by atoms with E-state index in [2.05, 4.69) is 38.1 Å². The molecule has 1 amide bonds. The first kappa shape index (κ1) is 13.5. The molecule has 0 aromatic carbocycles. The van der Waals surface area contributed by atoms with Crippen LogP contribution in [0.1, 0.15) is 27.7 Å². The number of anilines is 1. The van der Waals surface area contributed by atoms with Crippen molar-refractivity contribution in [1.82, 2.24) is 15.1 Å². The summed E-state index contributed by atoms with van der Waals surface area (Å²) in [6.07, 6.45) is 1.70. The number of carbonyl (C=O) groups excluding carboxylic acids is 1. The Morgan fingerprint density at radius 3 is 2.71 bits per heavy atom. The van der Waals surface area contributed by atoms with E-state index in [1.165, 1.54) is 4.68 Å². The van der Waals surface area contributed by atoms with Gasteiger partial charge in [0.05, 0.1) is 0 Å². The summed E-state index contributed by atoms with van der Waals surface area (Å²) in [7, 11) is 0. The van der Waals surface area contributed by atoms with Crippen LogP contribution in [0.2, 0.25) is 0 Å². The standard InChI is InChI=1S/C12H22N4O/c1-9(2)12(3,4)8-14-11(17)7-16-6-5-10(13)15-16/h5-6,9H,7-8H2,1-4H3,(H2,13,15)(H,14,17). The minimum atomic E-state index is -0.0400. The number of nitrogens with one attached hydrogen (secondary N) is 1. The molecular formula is C12H22N4O. The maximum atomic E-state index is 11.7. The van der Waals surface area contributed by atoms with Crippen molar-refractivity contribution in [3.05, 3.63) is 12.3 Å². The molecule has 1 aromatic heterocycles. The van der Waals surface area contributed by atoms with E-state index >= 15 is 0 Å². The van der Waals surface area contributed by atoms with E-state index in [0.29, 0.717) is 18.3 Å². The Morgan fingerprint density at radius 1 is 1.59 bits per heavy atom. The van der Waals surface area contributed by atoms with Crippen LogP contribution in [0.4, 0.5) is 5.82 Å². The van der Waals surface area contributed by atoms with Crippen molar-refractivity contribution >= 4 is 11.7 Å². The average molecular weight is 238 g/mol. The van der Waals surface area contributed by atoms with E-state index in [4.69, 9.17) is 5.73 Å². The SMILES string of the molecule is CC(C)C(C)(C)CNC(=O)Cn1ccc(N)n1. The highest BCUT2D eigenvalue weighted by Crippen LogP contribution is 2.24. The fraction of sp³-hybridized carbons (Fsp3) is 0.667. The van der Waals surface area contributed by atoms with E-state index in [1.807, 2.05) is 0 Å². The third kappa shape index (κ3) is 4.09. The Bertz CT molecular complexity index is 382. The molecule has 0 unspecified atom stereocenters. The van der Waals surface area contributed by atoms with Gasteiger partial charge in [0, 0.05) is 12.7 Å². The fourth-order valence-corrected chi connectivity index (χ4v) is 1.20. The number of rotatable bonds is 5. The van der Waals surface area contributed by atoms with Gasteiger partial charge in [0.15, 0.2) is 0 Å². The first-order chi connectivity index (χ1) is 7.81. The monoisotopic (exact) mass is 238 g/mol. The second-order valence-electron chi connectivity index (χ2n) is 5.36. The normalized spacial score (nSPS) is 11.8. The number of amides is 1. The second-order valence-corrected chi connectivity index (χ2v) is 5.36. The lowest BCUT2D eigenvalue weighted by molar-refractivity contribution is -0.122. The second kappa shape index (κ2) is 5.21. The summed E-state index contributed by atoms with van der Waals surface area (Å²) in [5.41, 5.74) is 5.57. The third-order valence-corrected chi connectivity index (χ3v) is 3.27. The van der Waals surface area contributed by atoms with Gasteiger partial charge < -0.3 is 11.1 Å². The predicted molar refractivity (Wildman–Crippen MR) is 68.3 cm³/mol. The van der Waals surface area contributed by atoms with Gasteiger partial charge >= 0.3 is 0 Å². The van der Waals surface area contributed by atoms with Crippen molar-refractivity contribution in [2.45, 2.75) is 34.2 Å². The number of hydrogen-bond donors (Lipinski definition) is 2. The van der Waals surface area contributed by atoms with Crippen LogP contribution in [0.15, 0.2) is 12.3 Å². The average Bonchev–Trinajstić information content (AvgIpc) is 2.61. The Kier molecular flexibility index (Phi) is 4.15. The van der Waals surface area contributed by atoms with Crippen LogP contribution in [-0.4, -0.2) is 22.2 Å². The number of nitrogen functional groups attached to an aromatic ring is 1. The van der Waals surface area contributed by atoms with Crippen LogP contribution in [0.5, 0.6) is 0 Å². The molecule has 0 saturated heterocycles. The van der Waals surface area contributed by atoms with Gasteiger partial charge in [0.2, 0.25) is 5.91 Å². The summed E-state index contributed by atoms with van der Waals surface area (Å²) in [5.74, 6) is 0.908. The summed E-state index contributed by atoms with van der Waals surface area (Å²) in [6.45, 7) is 9.47. The van der Waals surface area contributed by atoms with Crippen LogP contribution < -0.4 is 11.1 Å². The van der Waals surface area contributed by atoms with E-state index in [1.54, 1.807) is 12.3 Å². The van der Waals surface area contributed by atoms with Crippen molar-refractivity contribution in [3.8, 4) is 0 Å². The molecule has 1 rings (SSSR count). The first-order valence-electron chi connectivity index (χ1n) is 5.87.